The molecule has 0 saturated heterocycles. The summed E-state index contributed by atoms with van der Waals surface area (Å²) in [6.45, 7) is 4.22. The van der Waals surface area contributed by atoms with Crippen LogP contribution in [0.15, 0.2) is 24.7 Å². The zero-order valence-corrected chi connectivity index (χ0v) is 7.73. The monoisotopic (exact) mass is 173 g/mol. The number of pyridine rings is 1. The van der Waals surface area contributed by atoms with E-state index < -0.39 is 0 Å². The van der Waals surface area contributed by atoms with Crippen LogP contribution in [-0.4, -0.2) is 15.0 Å². The molecule has 2 rings (SSSR count). The van der Waals surface area contributed by atoms with E-state index >= 15 is 0 Å². The molecule has 0 saturated carbocycles. The van der Waals surface area contributed by atoms with Crippen LogP contribution in [0.5, 0.6) is 0 Å². The summed E-state index contributed by atoms with van der Waals surface area (Å²) in [5.74, 6) is 0.389. The minimum Gasteiger partial charge on any atom is -0.259 e. The van der Waals surface area contributed by atoms with Crippen LogP contribution in [0, 0.1) is 0 Å². The zero-order chi connectivity index (χ0) is 9.26. The third kappa shape index (κ3) is 1.37. The van der Waals surface area contributed by atoms with Gasteiger partial charge in [0.25, 0.3) is 0 Å². The van der Waals surface area contributed by atoms with Gasteiger partial charge in [0.15, 0.2) is 0 Å². The molecule has 0 bridgehead atoms. The van der Waals surface area contributed by atoms with Gasteiger partial charge in [-0.3, -0.25) is 15.0 Å². The quantitative estimate of drug-likeness (QED) is 0.663. The van der Waals surface area contributed by atoms with Crippen LogP contribution >= 0.6 is 0 Å². The second kappa shape index (κ2) is 3.09. The highest BCUT2D eigenvalue weighted by atomic mass is 14.8. The molecule has 0 fully saturated rings. The maximum absolute atomic E-state index is 4.30. The van der Waals surface area contributed by atoms with Crippen molar-refractivity contribution in [3.8, 4) is 0 Å². The van der Waals surface area contributed by atoms with Crippen molar-refractivity contribution in [2.75, 3.05) is 0 Å². The van der Waals surface area contributed by atoms with E-state index in [1.807, 2.05) is 6.07 Å². The Morgan fingerprint density at radius 2 is 1.77 bits per heavy atom. The summed E-state index contributed by atoms with van der Waals surface area (Å²) in [6, 6.07) is 1.88. The molecule has 66 valence electrons. The highest BCUT2D eigenvalue weighted by Gasteiger charge is 2.06. The fraction of sp³-hybridized carbons (Fsp3) is 0.300. The lowest BCUT2D eigenvalue weighted by Gasteiger charge is -2.05. The first-order chi connectivity index (χ1) is 6.29. The lowest BCUT2D eigenvalue weighted by atomic mass is 10.1. The van der Waals surface area contributed by atoms with E-state index in [-0.39, 0.29) is 0 Å². The number of aromatic nitrogens is 3. The summed E-state index contributed by atoms with van der Waals surface area (Å²) in [4.78, 5) is 12.8. The molecule has 0 amide bonds. The summed E-state index contributed by atoms with van der Waals surface area (Å²) >= 11 is 0. The third-order valence-electron chi connectivity index (χ3n) is 1.96. The summed E-state index contributed by atoms with van der Waals surface area (Å²) in [5, 5.41) is 0. The number of rotatable bonds is 1. The van der Waals surface area contributed by atoms with E-state index in [0.29, 0.717) is 5.92 Å². The van der Waals surface area contributed by atoms with E-state index in [2.05, 4.69) is 28.8 Å². The molecular formula is C10H11N3. The van der Waals surface area contributed by atoms with Crippen molar-refractivity contribution in [3.05, 3.63) is 30.4 Å². The van der Waals surface area contributed by atoms with Crippen LogP contribution < -0.4 is 0 Å². The van der Waals surface area contributed by atoms with E-state index in [4.69, 9.17) is 0 Å². The fourth-order valence-corrected chi connectivity index (χ4v) is 1.34. The van der Waals surface area contributed by atoms with E-state index in [0.717, 1.165) is 16.7 Å². The molecule has 2 heterocycles. The van der Waals surface area contributed by atoms with Crippen molar-refractivity contribution in [1.82, 2.24) is 15.0 Å². The van der Waals surface area contributed by atoms with Gasteiger partial charge in [0.2, 0.25) is 0 Å². The average molecular weight is 173 g/mol. The molecule has 0 aromatic carbocycles. The van der Waals surface area contributed by atoms with Gasteiger partial charge < -0.3 is 0 Å². The predicted octanol–water partition coefficient (Wildman–Crippen LogP) is 2.15. The molecule has 13 heavy (non-hydrogen) atoms. The first-order valence-electron chi connectivity index (χ1n) is 4.34. The molecular weight excluding hydrogens is 162 g/mol. The predicted molar refractivity (Wildman–Crippen MR) is 51.4 cm³/mol. The van der Waals surface area contributed by atoms with Crippen molar-refractivity contribution >= 4 is 11.0 Å². The second-order valence-electron chi connectivity index (χ2n) is 3.27. The molecule has 2 aromatic heterocycles. The summed E-state index contributed by atoms with van der Waals surface area (Å²) < 4.78 is 0. The van der Waals surface area contributed by atoms with Crippen LogP contribution in [0.3, 0.4) is 0 Å². The van der Waals surface area contributed by atoms with E-state index in [1.54, 1.807) is 18.6 Å². The van der Waals surface area contributed by atoms with Gasteiger partial charge in [-0.25, -0.2) is 0 Å². The Kier molecular flexibility index (Phi) is 1.93. The highest BCUT2D eigenvalue weighted by Crippen LogP contribution is 2.18. The van der Waals surface area contributed by atoms with Gasteiger partial charge >= 0.3 is 0 Å². The van der Waals surface area contributed by atoms with Crippen LogP contribution in [0.4, 0.5) is 0 Å². The van der Waals surface area contributed by atoms with Gasteiger partial charge in [-0.05, 0) is 12.0 Å². The smallest absolute Gasteiger partial charge is 0.110 e. The lowest BCUT2D eigenvalue weighted by molar-refractivity contribution is 0.829. The van der Waals surface area contributed by atoms with Crippen LogP contribution in [0.2, 0.25) is 0 Å². The summed E-state index contributed by atoms with van der Waals surface area (Å²) in [6.07, 6.45) is 5.19. The highest BCUT2D eigenvalue weighted by molar-refractivity contribution is 5.76. The van der Waals surface area contributed by atoms with Crippen molar-refractivity contribution in [1.29, 1.82) is 0 Å². The van der Waals surface area contributed by atoms with Gasteiger partial charge in [0, 0.05) is 18.6 Å². The molecule has 0 radical (unpaired) electrons. The lowest BCUT2D eigenvalue weighted by Crippen LogP contribution is -1.96. The van der Waals surface area contributed by atoms with Crippen molar-refractivity contribution < 1.29 is 0 Å². The Balaban J connectivity index is 2.76. The van der Waals surface area contributed by atoms with Gasteiger partial charge in [0.05, 0.1) is 11.2 Å². The SMILES string of the molecule is CC(C)c1nccc2nccnc12. The maximum Gasteiger partial charge on any atom is 0.110 e. The number of fused-ring (bicyclic) bond motifs is 1. The van der Waals surface area contributed by atoms with E-state index in [9.17, 15) is 0 Å². The van der Waals surface area contributed by atoms with Gasteiger partial charge in [-0.2, -0.15) is 0 Å². The van der Waals surface area contributed by atoms with Gasteiger partial charge in [-0.15, -0.1) is 0 Å². The Hall–Kier alpha value is -1.51. The number of nitrogens with zero attached hydrogens (tertiary/aromatic N) is 3. The first-order valence-corrected chi connectivity index (χ1v) is 4.34. The summed E-state index contributed by atoms with van der Waals surface area (Å²) in [7, 11) is 0. The number of hydrogen-bond donors (Lipinski definition) is 0. The Labute approximate surface area is 76.9 Å². The molecule has 3 heteroatoms. The molecule has 0 aliphatic heterocycles. The van der Waals surface area contributed by atoms with Crippen LogP contribution in [0.1, 0.15) is 25.5 Å². The fourth-order valence-electron chi connectivity index (χ4n) is 1.34. The molecule has 3 nitrogen and oxygen atoms in total. The zero-order valence-electron chi connectivity index (χ0n) is 7.73. The van der Waals surface area contributed by atoms with Crippen molar-refractivity contribution in [3.63, 3.8) is 0 Å². The third-order valence-corrected chi connectivity index (χ3v) is 1.96. The Bertz CT molecular complexity index is 418. The van der Waals surface area contributed by atoms with Crippen LogP contribution in [0.25, 0.3) is 11.0 Å². The minimum atomic E-state index is 0.389. The topological polar surface area (TPSA) is 38.7 Å². The van der Waals surface area contributed by atoms with Crippen molar-refractivity contribution in [2.45, 2.75) is 19.8 Å². The molecule has 0 unspecified atom stereocenters. The van der Waals surface area contributed by atoms with Crippen molar-refractivity contribution in [2.24, 2.45) is 0 Å². The molecule has 0 atom stereocenters. The maximum atomic E-state index is 4.30. The van der Waals surface area contributed by atoms with E-state index in [1.165, 1.54) is 0 Å². The Morgan fingerprint density at radius 3 is 2.54 bits per heavy atom. The molecule has 0 aliphatic carbocycles. The largest absolute Gasteiger partial charge is 0.259 e. The molecule has 0 spiro atoms. The summed E-state index contributed by atoms with van der Waals surface area (Å²) in [5.41, 5.74) is 2.85. The molecule has 2 aromatic rings. The standard InChI is InChI=1S/C10H11N3/c1-7(2)9-10-8(3-4-12-9)11-5-6-13-10/h3-7H,1-2H3. The average Bonchev–Trinajstić information content (AvgIpc) is 2.17. The molecule has 0 aliphatic rings. The number of hydrogen-bond acceptors (Lipinski definition) is 3. The molecule has 0 N–H and O–H groups in total. The van der Waals surface area contributed by atoms with Crippen LogP contribution in [-0.2, 0) is 0 Å². The second-order valence-corrected chi connectivity index (χ2v) is 3.27. The van der Waals surface area contributed by atoms with Gasteiger partial charge in [0.1, 0.15) is 5.52 Å². The first kappa shape index (κ1) is 8.10. The Morgan fingerprint density at radius 1 is 1.00 bits per heavy atom. The normalized spacial score (nSPS) is 11.0. The minimum absolute atomic E-state index is 0.389. The van der Waals surface area contributed by atoms with Gasteiger partial charge in [-0.1, -0.05) is 13.8 Å².